The van der Waals surface area contributed by atoms with Gasteiger partial charge >= 0.3 is 0 Å². The largest absolute Gasteiger partial charge is 0.508 e. The smallest absolute Gasteiger partial charge is 0.157 e. The van der Waals surface area contributed by atoms with Crippen molar-refractivity contribution in [2.24, 2.45) is 0 Å². The first-order valence-electron chi connectivity index (χ1n) is 12.7. The second-order valence-corrected chi connectivity index (χ2v) is 10.2. The molecule has 0 radical (unpaired) electrons. The molecule has 0 bridgehead atoms. The van der Waals surface area contributed by atoms with Crippen molar-refractivity contribution >= 4 is 0 Å². The summed E-state index contributed by atoms with van der Waals surface area (Å²) < 4.78 is 12.3. The first-order valence-corrected chi connectivity index (χ1v) is 12.7. The second kappa shape index (κ2) is 9.49. The maximum absolute atomic E-state index is 11.2. The Hall–Kier alpha value is -5.16. The molecule has 2 heterocycles. The highest BCUT2D eigenvalue weighted by Crippen LogP contribution is 2.57. The van der Waals surface area contributed by atoms with Gasteiger partial charge in [-0.15, -0.1) is 0 Å². The lowest BCUT2D eigenvalue weighted by molar-refractivity contribution is 0.0184. The maximum atomic E-state index is 11.2. The molecule has 11 heteroatoms. The average Bonchev–Trinajstić information content (AvgIpc) is 2.91. The molecule has 41 heavy (non-hydrogen) atoms. The Morgan fingerprint density at radius 3 is 1.90 bits per heavy atom. The first-order chi connectivity index (χ1) is 19.5. The lowest BCUT2D eigenvalue weighted by atomic mass is 9.79. The van der Waals surface area contributed by atoms with Crippen LogP contribution in [0.5, 0.6) is 57.5 Å². The van der Waals surface area contributed by atoms with Crippen LogP contribution >= 0.6 is 0 Å². The van der Waals surface area contributed by atoms with Crippen molar-refractivity contribution < 1.29 is 55.4 Å². The number of aliphatic hydroxyl groups excluding tert-OH is 1. The van der Waals surface area contributed by atoms with Gasteiger partial charge in [0.05, 0.1) is 6.10 Å². The molecule has 6 rings (SSSR count). The summed E-state index contributed by atoms with van der Waals surface area (Å²) in [5, 5.41) is 93.6. The SMILES string of the molecule is Oc1cc(O)c2c(c1)OC(c1ccc(O)c(O)c1)CC2c1c(O)cc(O)c2c1OC(c1ccc(O)c(O)c1)C(O)C2. The summed E-state index contributed by atoms with van der Waals surface area (Å²) in [5.74, 6) is -3.51. The third-order valence-electron chi connectivity index (χ3n) is 7.61. The van der Waals surface area contributed by atoms with Crippen LogP contribution in [0.3, 0.4) is 0 Å². The van der Waals surface area contributed by atoms with Crippen LogP contribution < -0.4 is 9.47 Å². The number of phenolic OH excluding ortho intramolecular Hbond substituents is 8. The number of hydrogen-bond donors (Lipinski definition) is 9. The molecule has 0 aromatic heterocycles. The van der Waals surface area contributed by atoms with Crippen LogP contribution in [0.2, 0.25) is 0 Å². The van der Waals surface area contributed by atoms with Gasteiger partial charge in [-0.05, 0) is 35.4 Å². The van der Waals surface area contributed by atoms with E-state index in [1.54, 1.807) is 0 Å². The molecular formula is C30H26O11. The van der Waals surface area contributed by atoms with Crippen molar-refractivity contribution in [3.63, 3.8) is 0 Å². The van der Waals surface area contributed by atoms with Gasteiger partial charge in [0.1, 0.15) is 46.7 Å². The van der Waals surface area contributed by atoms with Gasteiger partial charge < -0.3 is 55.4 Å². The Morgan fingerprint density at radius 2 is 1.22 bits per heavy atom. The maximum Gasteiger partial charge on any atom is 0.157 e. The summed E-state index contributed by atoms with van der Waals surface area (Å²) in [6, 6.07) is 11.6. The summed E-state index contributed by atoms with van der Waals surface area (Å²) in [6.07, 6.45) is -3.03. The molecule has 4 unspecified atom stereocenters. The zero-order chi connectivity index (χ0) is 29.2. The van der Waals surface area contributed by atoms with Gasteiger partial charge in [0, 0.05) is 53.6 Å². The zero-order valence-corrected chi connectivity index (χ0v) is 21.3. The van der Waals surface area contributed by atoms with E-state index in [0.717, 1.165) is 12.1 Å². The number of benzene rings is 4. The number of rotatable bonds is 3. The van der Waals surface area contributed by atoms with Crippen LogP contribution in [-0.4, -0.2) is 52.1 Å². The zero-order valence-electron chi connectivity index (χ0n) is 21.3. The molecule has 0 amide bonds. The molecule has 0 spiro atoms. The van der Waals surface area contributed by atoms with E-state index in [1.165, 1.54) is 42.5 Å². The van der Waals surface area contributed by atoms with E-state index in [0.29, 0.717) is 11.1 Å². The molecule has 0 saturated carbocycles. The molecule has 2 aliphatic rings. The van der Waals surface area contributed by atoms with Gasteiger partial charge in [0.15, 0.2) is 23.0 Å². The molecule has 0 saturated heterocycles. The Morgan fingerprint density at radius 1 is 0.585 bits per heavy atom. The lowest BCUT2D eigenvalue weighted by Crippen LogP contribution is -2.31. The molecular weight excluding hydrogens is 536 g/mol. The van der Waals surface area contributed by atoms with E-state index in [9.17, 15) is 46.0 Å². The average molecular weight is 563 g/mol. The van der Waals surface area contributed by atoms with Gasteiger partial charge in [0.25, 0.3) is 0 Å². The van der Waals surface area contributed by atoms with Gasteiger partial charge in [-0.3, -0.25) is 0 Å². The fourth-order valence-corrected chi connectivity index (χ4v) is 5.67. The Kier molecular flexibility index (Phi) is 6.04. The molecule has 0 aliphatic carbocycles. The van der Waals surface area contributed by atoms with Crippen LogP contribution in [0.15, 0.2) is 54.6 Å². The number of aromatic hydroxyl groups is 8. The Labute approximate surface area is 232 Å². The van der Waals surface area contributed by atoms with Gasteiger partial charge in [-0.2, -0.15) is 0 Å². The van der Waals surface area contributed by atoms with Crippen LogP contribution in [0.1, 0.15) is 52.4 Å². The van der Waals surface area contributed by atoms with E-state index in [1.807, 2.05) is 0 Å². The molecule has 2 aliphatic heterocycles. The lowest BCUT2D eigenvalue weighted by Gasteiger charge is -2.37. The van der Waals surface area contributed by atoms with E-state index in [4.69, 9.17) is 9.47 Å². The summed E-state index contributed by atoms with van der Waals surface area (Å²) in [4.78, 5) is 0. The van der Waals surface area contributed by atoms with Crippen LogP contribution in [0, 0.1) is 0 Å². The highest BCUT2D eigenvalue weighted by Gasteiger charge is 2.41. The van der Waals surface area contributed by atoms with Crippen molar-refractivity contribution in [1.29, 1.82) is 0 Å². The minimum Gasteiger partial charge on any atom is -0.508 e. The number of fused-ring (bicyclic) bond motifs is 2. The first kappa shape index (κ1) is 26.1. The summed E-state index contributed by atoms with van der Waals surface area (Å²) in [7, 11) is 0. The van der Waals surface area contributed by atoms with Crippen molar-refractivity contribution in [1.82, 2.24) is 0 Å². The highest BCUT2D eigenvalue weighted by molar-refractivity contribution is 5.65. The number of aliphatic hydroxyl groups is 1. The minimum atomic E-state index is -1.17. The number of ether oxygens (including phenoxy) is 2. The molecule has 4 atom stereocenters. The quantitative estimate of drug-likeness (QED) is 0.163. The van der Waals surface area contributed by atoms with Gasteiger partial charge in [-0.1, -0.05) is 12.1 Å². The monoisotopic (exact) mass is 562 g/mol. The Bertz CT molecular complexity index is 1680. The molecule has 212 valence electrons. The second-order valence-electron chi connectivity index (χ2n) is 10.2. The van der Waals surface area contributed by atoms with Crippen molar-refractivity contribution in [3.05, 3.63) is 82.4 Å². The standard InChI is InChI=1S/C30H26O11/c31-14-7-22(37)27-16(10-25(40-26(27)8-14)12-1-3-17(32)20(35)5-12)28-23(38)11-19(34)15-9-24(39)29(41-30(15)28)13-2-4-18(33)21(36)6-13/h1-8,11,16,24-25,29,31-39H,9-10H2. The highest BCUT2D eigenvalue weighted by atomic mass is 16.5. The van der Waals surface area contributed by atoms with Crippen LogP contribution in [0.4, 0.5) is 0 Å². The van der Waals surface area contributed by atoms with E-state index in [2.05, 4.69) is 0 Å². The third-order valence-corrected chi connectivity index (χ3v) is 7.61. The van der Waals surface area contributed by atoms with Gasteiger partial charge in [-0.25, -0.2) is 0 Å². The van der Waals surface area contributed by atoms with E-state index < -0.39 is 30.0 Å². The molecule has 9 N–H and O–H groups in total. The van der Waals surface area contributed by atoms with Crippen LogP contribution in [0.25, 0.3) is 0 Å². The predicted molar refractivity (Wildman–Crippen MR) is 142 cm³/mol. The van der Waals surface area contributed by atoms with Crippen molar-refractivity contribution in [2.75, 3.05) is 0 Å². The predicted octanol–water partition coefficient (Wildman–Crippen LogP) is 4.02. The fourth-order valence-electron chi connectivity index (χ4n) is 5.67. The number of hydrogen-bond acceptors (Lipinski definition) is 11. The summed E-state index contributed by atoms with van der Waals surface area (Å²) in [5.41, 5.74) is 1.37. The summed E-state index contributed by atoms with van der Waals surface area (Å²) in [6.45, 7) is 0. The van der Waals surface area contributed by atoms with Crippen molar-refractivity contribution in [2.45, 2.75) is 37.1 Å². The molecule has 4 aromatic carbocycles. The molecule has 4 aromatic rings. The van der Waals surface area contributed by atoms with E-state index >= 15 is 0 Å². The normalized spacial score (nSPS) is 21.3. The van der Waals surface area contributed by atoms with Crippen molar-refractivity contribution in [3.8, 4) is 57.5 Å². The van der Waals surface area contributed by atoms with Gasteiger partial charge in [0.2, 0.25) is 0 Å². The topological polar surface area (TPSA) is 201 Å². The van der Waals surface area contributed by atoms with E-state index in [-0.39, 0.29) is 81.3 Å². The fraction of sp³-hybridized carbons (Fsp3) is 0.200. The molecule has 0 fully saturated rings. The summed E-state index contributed by atoms with van der Waals surface area (Å²) >= 11 is 0. The van der Waals surface area contributed by atoms with Crippen LogP contribution in [-0.2, 0) is 6.42 Å². The number of phenols is 8. The molecule has 11 nitrogen and oxygen atoms in total. The Balaban J connectivity index is 1.52. The third kappa shape index (κ3) is 4.36. The minimum absolute atomic E-state index is 0.0444.